The molecule has 14 heteroatoms. The van der Waals surface area contributed by atoms with Crippen LogP contribution in [-0.2, 0) is 28.8 Å². The molecule has 0 fully saturated rings. The third kappa shape index (κ3) is 57.0. The smallest absolute Gasteiger partial charge is 0.550 e. The van der Waals surface area contributed by atoms with Crippen LogP contribution in [0, 0.1) is 0 Å². The third-order valence-corrected chi connectivity index (χ3v) is 1.60. The van der Waals surface area contributed by atoms with Crippen LogP contribution < -0.4 is 30.6 Å². The standard InChI is InChI=1S/3C4H6O4.2Bi/c3*5-3(6)1-2-4(7)8;;/h3*1-2H2,(H,5,6)(H,7,8);;/q;;;2*+3/p-6. The fourth-order valence-corrected chi connectivity index (χ4v) is 0.612. The maximum absolute atomic E-state index is 9.50. The van der Waals surface area contributed by atoms with Crippen LogP contribution in [0.3, 0.4) is 0 Å². The zero-order valence-corrected chi connectivity index (χ0v) is 20.0. The second-order valence-corrected chi connectivity index (χ2v) is 3.73. The summed E-state index contributed by atoms with van der Waals surface area (Å²) in [4.78, 5) is 57.0. The predicted molar refractivity (Wildman–Crippen MR) is 69.3 cm³/mol. The summed E-state index contributed by atoms with van der Waals surface area (Å²) in [5.41, 5.74) is 0. The summed E-state index contributed by atoms with van der Waals surface area (Å²) in [6.45, 7) is 0. The Morgan fingerprint density at radius 1 is 0.346 bits per heavy atom. The maximum Gasteiger partial charge on any atom is 3.00 e. The molecular formula is C12H12Bi2O12. The monoisotopic (exact) mass is 766 g/mol. The average Bonchev–Trinajstić information content (AvgIpc) is 2.42. The summed E-state index contributed by atoms with van der Waals surface area (Å²) >= 11 is 0. The van der Waals surface area contributed by atoms with Gasteiger partial charge in [0.15, 0.2) is 0 Å². The van der Waals surface area contributed by atoms with Gasteiger partial charge in [0.1, 0.15) is 0 Å². The van der Waals surface area contributed by atoms with E-state index in [0.717, 1.165) is 0 Å². The number of carbonyl (C=O) groups is 6. The fourth-order valence-electron chi connectivity index (χ4n) is 0.612. The summed E-state index contributed by atoms with van der Waals surface area (Å²) in [5.74, 6) is -8.20. The van der Waals surface area contributed by atoms with Gasteiger partial charge in [-0.25, -0.2) is 0 Å². The van der Waals surface area contributed by atoms with E-state index in [2.05, 4.69) is 0 Å². The molecule has 0 saturated carbocycles. The van der Waals surface area contributed by atoms with Gasteiger partial charge in [-0.05, 0) is 38.5 Å². The van der Waals surface area contributed by atoms with E-state index in [1.54, 1.807) is 0 Å². The van der Waals surface area contributed by atoms with Gasteiger partial charge in [-0.1, -0.05) is 0 Å². The Bertz CT molecular complexity index is 355. The van der Waals surface area contributed by atoms with Crippen molar-refractivity contribution in [1.29, 1.82) is 0 Å². The first-order chi connectivity index (χ1) is 10.9. The van der Waals surface area contributed by atoms with Crippen LogP contribution in [0.2, 0.25) is 0 Å². The molecule has 0 atom stereocenters. The third-order valence-electron chi connectivity index (χ3n) is 1.60. The number of carbonyl (C=O) groups excluding carboxylic acids is 6. The van der Waals surface area contributed by atoms with E-state index in [0.29, 0.717) is 0 Å². The van der Waals surface area contributed by atoms with Gasteiger partial charge in [0.05, 0.1) is 0 Å². The predicted octanol–water partition coefficient (Wildman–Crippen LogP) is -8.96. The van der Waals surface area contributed by atoms with Gasteiger partial charge >= 0.3 is 52.4 Å². The van der Waals surface area contributed by atoms with Crippen molar-refractivity contribution in [2.75, 3.05) is 0 Å². The van der Waals surface area contributed by atoms with Crippen LogP contribution in [0.5, 0.6) is 0 Å². The molecule has 0 aromatic carbocycles. The number of hydrogen-bond donors (Lipinski definition) is 0. The Morgan fingerprint density at radius 2 is 0.423 bits per heavy atom. The van der Waals surface area contributed by atoms with Gasteiger partial charge < -0.3 is 59.4 Å². The van der Waals surface area contributed by atoms with Gasteiger partial charge in [0.2, 0.25) is 0 Å². The zero-order valence-electron chi connectivity index (χ0n) is 13.0. The number of carboxylic acids is 6. The van der Waals surface area contributed by atoms with Crippen molar-refractivity contribution in [1.82, 2.24) is 0 Å². The molecule has 0 unspecified atom stereocenters. The van der Waals surface area contributed by atoms with E-state index < -0.39 is 74.3 Å². The van der Waals surface area contributed by atoms with Crippen molar-refractivity contribution in [2.24, 2.45) is 0 Å². The van der Waals surface area contributed by atoms with Gasteiger partial charge in [0.25, 0.3) is 0 Å². The molecule has 0 rings (SSSR count). The first-order valence-corrected chi connectivity index (χ1v) is 6.07. The number of aliphatic carboxylic acids is 6. The first-order valence-electron chi connectivity index (χ1n) is 6.07. The minimum Gasteiger partial charge on any atom is -0.550 e. The van der Waals surface area contributed by atoms with Crippen molar-refractivity contribution < 1.29 is 59.4 Å². The largest absolute Gasteiger partial charge is 3.00 e. The molecular weight excluding hydrogens is 754 g/mol. The van der Waals surface area contributed by atoms with E-state index in [4.69, 9.17) is 0 Å². The molecule has 0 spiro atoms. The number of carboxylic acid groups (broad SMARTS) is 6. The fraction of sp³-hybridized carbons (Fsp3) is 0.500. The van der Waals surface area contributed by atoms with Gasteiger partial charge in [-0.3, -0.25) is 0 Å². The van der Waals surface area contributed by atoms with Crippen molar-refractivity contribution >= 4 is 88.2 Å². The van der Waals surface area contributed by atoms with Crippen LogP contribution >= 0.6 is 0 Å². The van der Waals surface area contributed by atoms with E-state index in [-0.39, 0.29) is 52.4 Å². The average molecular weight is 766 g/mol. The van der Waals surface area contributed by atoms with Crippen LogP contribution in [0.15, 0.2) is 0 Å². The molecule has 0 aliphatic heterocycles. The molecule has 0 bridgehead atoms. The van der Waals surface area contributed by atoms with Crippen LogP contribution in [0.4, 0.5) is 0 Å². The molecule has 0 aromatic rings. The zero-order chi connectivity index (χ0) is 19.7. The molecule has 4 radical (unpaired) electrons. The Balaban J connectivity index is -0.0000000817. The SMILES string of the molecule is O=C([O-])CCC(=O)[O-].O=C([O-])CCC(=O)[O-].O=C([O-])CCC(=O)[O-].[Bi+3].[Bi+3]. The normalized spacial score (nSPS) is 7.85. The molecule has 142 valence electrons. The minimum atomic E-state index is -1.37. The van der Waals surface area contributed by atoms with Crippen LogP contribution in [-0.4, -0.2) is 88.2 Å². The summed E-state index contributed by atoms with van der Waals surface area (Å²) in [6.07, 6.45) is -2.82. The topological polar surface area (TPSA) is 241 Å². The summed E-state index contributed by atoms with van der Waals surface area (Å²) in [7, 11) is 0. The molecule has 0 saturated heterocycles. The van der Waals surface area contributed by atoms with Crippen LogP contribution in [0.25, 0.3) is 0 Å². The van der Waals surface area contributed by atoms with Gasteiger partial charge in [-0.2, -0.15) is 0 Å². The summed E-state index contributed by atoms with van der Waals surface area (Å²) in [6, 6.07) is 0. The Hall–Kier alpha value is -1.41. The molecule has 0 N–H and O–H groups in total. The molecule has 0 heterocycles. The molecule has 0 aliphatic rings. The minimum absolute atomic E-state index is 0. The van der Waals surface area contributed by atoms with E-state index in [1.807, 2.05) is 0 Å². The second kappa shape index (κ2) is 23.6. The number of hydrogen-bond acceptors (Lipinski definition) is 12. The van der Waals surface area contributed by atoms with E-state index >= 15 is 0 Å². The molecule has 26 heavy (non-hydrogen) atoms. The first kappa shape index (κ1) is 35.7. The Kier molecular flexibility index (Phi) is 32.3. The molecule has 0 aliphatic carbocycles. The Morgan fingerprint density at radius 3 is 0.462 bits per heavy atom. The van der Waals surface area contributed by atoms with Crippen molar-refractivity contribution in [2.45, 2.75) is 38.5 Å². The molecule has 12 nitrogen and oxygen atoms in total. The van der Waals surface area contributed by atoms with E-state index in [9.17, 15) is 59.4 Å². The Labute approximate surface area is 185 Å². The summed E-state index contributed by atoms with van der Waals surface area (Å²) < 4.78 is 0. The van der Waals surface area contributed by atoms with Crippen LogP contribution in [0.1, 0.15) is 38.5 Å². The van der Waals surface area contributed by atoms with Gasteiger partial charge in [0, 0.05) is 35.8 Å². The quantitative estimate of drug-likeness (QED) is 0.199. The maximum atomic E-state index is 9.50. The van der Waals surface area contributed by atoms with Crippen molar-refractivity contribution in [3.8, 4) is 0 Å². The van der Waals surface area contributed by atoms with Crippen molar-refractivity contribution in [3.63, 3.8) is 0 Å². The van der Waals surface area contributed by atoms with Gasteiger partial charge in [-0.15, -0.1) is 0 Å². The van der Waals surface area contributed by atoms with Crippen molar-refractivity contribution in [3.05, 3.63) is 0 Å². The second-order valence-electron chi connectivity index (χ2n) is 3.73. The molecule has 0 amide bonds. The summed E-state index contributed by atoms with van der Waals surface area (Å²) in [5, 5.41) is 57.0. The van der Waals surface area contributed by atoms with E-state index in [1.165, 1.54) is 0 Å². The number of rotatable bonds is 9. The molecule has 0 aromatic heterocycles.